The number of halogens is 1. The monoisotopic (exact) mass is 253 g/mol. The zero-order valence-electron chi connectivity index (χ0n) is 9.58. The van der Waals surface area contributed by atoms with E-state index >= 15 is 0 Å². The van der Waals surface area contributed by atoms with Crippen LogP contribution in [0.2, 0.25) is 5.02 Å². The lowest BCUT2D eigenvalue weighted by Crippen LogP contribution is -2.27. The second-order valence-corrected chi connectivity index (χ2v) is 4.84. The average molecular weight is 254 g/mol. The van der Waals surface area contributed by atoms with Crippen molar-refractivity contribution in [3.8, 4) is 0 Å². The minimum absolute atomic E-state index is 0.140. The number of aromatic nitrogens is 1. The number of nitrogen functional groups attached to an aromatic ring is 1. The van der Waals surface area contributed by atoms with E-state index in [1.54, 1.807) is 6.07 Å². The first-order valence-electron chi connectivity index (χ1n) is 5.86. The number of carbonyl (C=O) groups excluding carboxylic acids is 1. The Balaban J connectivity index is 1.83. The summed E-state index contributed by atoms with van der Waals surface area (Å²) in [5.74, 6) is 0.903. The number of rotatable bonds is 4. The molecule has 5 heteroatoms. The van der Waals surface area contributed by atoms with Crippen molar-refractivity contribution in [3.63, 3.8) is 0 Å². The summed E-state index contributed by atoms with van der Waals surface area (Å²) in [6, 6.07) is 1.54. The Kier molecular flexibility index (Phi) is 3.84. The molecule has 0 aliphatic heterocycles. The van der Waals surface area contributed by atoms with Crippen molar-refractivity contribution >= 4 is 23.3 Å². The molecule has 1 saturated carbocycles. The third kappa shape index (κ3) is 3.09. The predicted octanol–water partition coefficient (Wildman–Crippen LogP) is 2.24. The molecule has 1 aromatic heterocycles. The van der Waals surface area contributed by atoms with Crippen molar-refractivity contribution in [1.29, 1.82) is 0 Å². The van der Waals surface area contributed by atoms with Crippen molar-refractivity contribution in [2.24, 2.45) is 5.92 Å². The summed E-state index contributed by atoms with van der Waals surface area (Å²) in [4.78, 5) is 15.6. The Morgan fingerprint density at radius 2 is 2.35 bits per heavy atom. The van der Waals surface area contributed by atoms with Crippen LogP contribution in [-0.2, 0) is 0 Å². The number of hydrogen-bond donors (Lipinski definition) is 2. The van der Waals surface area contributed by atoms with Gasteiger partial charge in [-0.2, -0.15) is 0 Å². The maximum Gasteiger partial charge on any atom is 0.252 e. The lowest BCUT2D eigenvalue weighted by Gasteiger charge is -2.25. The van der Waals surface area contributed by atoms with E-state index < -0.39 is 0 Å². The molecule has 17 heavy (non-hydrogen) atoms. The number of amides is 1. The van der Waals surface area contributed by atoms with Gasteiger partial charge in [0.15, 0.2) is 0 Å². The Labute approximate surface area is 106 Å². The van der Waals surface area contributed by atoms with Crippen LogP contribution in [0.5, 0.6) is 0 Å². The van der Waals surface area contributed by atoms with Crippen LogP contribution in [0.1, 0.15) is 36.0 Å². The highest BCUT2D eigenvalue weighted by Gasteiger charge is 2.17. The standard InChI is InChI=1S/C12H16ClN3O/c13-10-6-9(7-16-11(10)14)12(17)15-5-4-8-2-1-3-8/h6-8H,1-5H2,(H2,14,16)(H,15,17). The van der Waals surface area contributed by atoms with Crippen LogP contribution in [0.15, 0.2) is 12.3 Å². The molecule has 0 saturated heterocycles. The first-order chi connectivity index (χ1) is 8.16. The van der Waals surface area contributed by atoms with Gasteiger partial charge in [-0.1, -0.05) is 30.9 Å². The third-order valence-corrected chi connectivity index (χ3v) is 3.50. The van der Waals surface area contributed by atoms with E-state index in [1.807, 2.05) is 0 Å². The molecule has 1 heterocycles. The summed E-state index contributed by atoms with van der Waals surface area (Å²) in [6.45, 7) is 0.714. The zero-order chi connectivity index (χ0) is 12.3. The van der Waals surface area contributed by atoms with Gasteiger partial charge in [0, 0.05) is 12.7 Å². The highest BCUT2D eigenvalue weighted by Crippen LogP contribution is 2.28. The highest BCUT2D eigenvalue weighted by atomic mass is 35.5. The third-order valence-electron chi connectivity index (χ3n) is 3.19. The van der Waals surface area contributed by atoms with Gasteiger partial charge in [0.25, 0.3) is 5.91 Å². The number of carbonyl (C=O) groups is 1. The largest absolute Gasteiger partial charge is 0.382 e. The molecule has 1 fully saturated rings. The molecule has 0 bridgehead atoms. The van der Waals surface area contributed by atoms with Crippen molar-refractivity contribution in [1.82, 2.24) is 10.3 Å². The fourth-order valence-electron chi connectivity index (χ4n) is 1.85. The maximum absolute atomic E-state index is 11.7. The minimum atomic E-state index is -0.140. The second kappa shape index (κ2) is 5.36. The van der Waals surface area contributed by atoms with Gasteiger partial charge in [-0.3, -0.25) is 4.79 Å². The topological polar surface area (TPSA) is 68.0 Å². The van der Waals surface area contributed by atoms with Crippen molar-refractivity contribution in [2.45, 2.75) is 25.7 Å². The predicted molar refractivity (Wildman–Crippen MR) is 68.0 cm³/mol. The summed E-state index contributed by atoms with van der Waals surface area (Å²) in [5.41, 5.74) is 5.94. The van der Waals surface area contributed by atoms with Crippen LogP contribution >= 0.6 is 11.6 Å². The van der Waals surface area contributed by atoms with E-state index in [1.165, 1.54) is 25.5 Å². The summed E-state index contributed by atoms with van der Waals surface area (Å²) < 4.78 is 0. The van der Waals surface area contributed by atoms with E-state index in [2.05, 4.69) is 10.3 Å². The first-order valence-corrected chi connectivity index (χ1v) is 6.24. The normalized spacial score (nSPS) is 15.4. The number of nitrogens with zero attached hydrogens (tertiary/aromatic N) is 1. The lowest BCUT2D eigenvalue weighted by molar-refractivity contribution is 0.0948. The van der Waals surface area contributed by atoms with Crippen LogP contribution in [-0.4, -0.2) is 17.4 Å². The Morgan fingerprint density at radius 1 is 1.59 bits per heavy atom. The van der Waals surface area contributed by atoms with Crippen LogP contribution in [0.4, 0.5) is 5.82 Å². The van der Waals surface area contributed by atoms with Crippen LogP contribution < -0.4 is 11.1 Å². The molecule has 92 valence electrons. The fraction of sp³-hybridized carbons (Fsp3) is 0.500. The molecule has 0 unspecified atom stereocenters. The Morgan fingerprint density at radius 3 is 2.94 bits per heavy atom. The van der Waals surface area contributed by atoms with Gasteiger partial charge in [-0.15, -0.1) is 0 Å². The van der Waals surface area contributed by atoms with Crippen molar-refractivity contribution < 1.29 is 4.79 Å². The highest BCUT2D eigenvalue weighted by molar-refractivity contribution is 6.33. The molecule has 0 spiro atoms. The van der Waals surface area contributed by atoms with Gasteiger partial charge in [-0.25, -0.2) is 4.98 Å². The maximum atomic E-state index is 11.7. The molecule has 0 atom stereocenters. The molecule has 0 aromatic carbocycles. The molecule has 1 aliphatic rings. The molecule has 1 aliphatic carbocycles. The van der Waals surface area contributed by atoms with E-state index in [0.717, 1.165) is 12.3 Å². The van der Waals surface area contributed by atoms with E-state index in [0.29, 0.717) is 17.1 Å². The number of pyridine rings is 1. The van der Waals surface area contributed by atoms with E-state index in [-0.39, 0.29) is 11.7 Å². The molecule has 3 N–H and O–H groups in total. The number of anilines is 1. The minimum Gasteiger partial charge on any atom is -0.382 e. The molecule has 1 aromatic rings. The summed E-state index contributed by atoms with van der Waals surface area (Å²) >= 11 is 5.81. The van der Waals surface area contributed by atoms with Gasteiger partial charge < -0.3 is 11.1 Å². The van der Waals surface area contributed by atoms with E-state index in [9.17, 15) is 4.79 Å². The molecule has 0 radical (unpaired) electrons. The van der Waals surface area contributed by atoms with Crippen molar-refractivity contribution in [2.75, 3.05) is 12.3 Å². The van der Waals surface area contributed by atoms with Crippen LogP contribution in [0, 0.1) is 5.92 Å². The second-order valence-electron chi connectivity index (χ2n) is 4.43. The lowest BCUT2D eigenvalue weighted by atomic mass is 9.83. The average Bonchev–Trinajstić information content (AvgIpc) is 2.25. The quantitative estimate of drug-likeness (QED) is 0.865. The Hall–Kier alpha value is -1.29. The first kappa shape index (κ1) is 12.2. The van der Waals surface area contributed by atoms with Crippen LogP contribution in [0.3, 0.4) is 0 Å². The Bertz CT molecular complexity index is 418. The van der Waals surface area contributed by atoms with Crippen LogP contribution in [0.25, 0.3) is 0 Å². The SMILES string of the molecule is Nc1ncc(C(=O)NCCC2CCC2)cc1Cl. The summed E-state index contributed by atoms with van der Waals surface area (Å²) in [7, 11) is 0. The molecular weight excluding hydrogens is 238 g/mol. The number of nitrogens with one attached hydrogen (secondary N) is 1. The molecule has 1 amide bonds. The smallest absolute Gasteiger partial charge is 0.252 e. The molecule has 2 rings (SSSR count). The summed E-state index contributed by atoms with van der Waals surface area (Å²) in [6.07, 6.45) is 6.42. The van der Waals surface area contributed by atoms with Gasteiger partial charge >= 0.3 is 0 Å². The molecule has 4 nitrogen and oxygen atoms in total. The van der Waals surface area contributed by atoms with Gasteiger partial charge in [0.1, 0.15) is 5.82 Å². The van der Waals surface area contributed by atoms with E-state index in [4.69, 9.17) is 17.3 Å². The fourth-order valence-corrected chi connectivity index (χ4v) is 2.01. The number of nitrogens with two attached hydrogens (primary N) is 1. The van der Waals surface area contributed by atoms with Gasteiger partial charge in [0.2, 0.25) is 0 Å². The number of hydrogen-bond acceptors (Lipinski definition) is 3. The van der Waals surface area contributed by atoms with Gasteiger partial charge in [0.05, 0.1) is 10.6 Å². The zero-order valence-corrected chi connectivity index (χ0v) is 10.3. The van der Waals surface area contributed by atoms with Gasteiger partial charge in [-0.05, 0) is 18.4 Å². The summed E-state index contributed by atoms with van der Waals surface area (Å²) in [5, 5.41) is 3.18. The molecular formula is C12H16ClN3O. The van der Waals surface area contributed by atoms with Crippen molar-refractivity contribution in [3.05, 3.63) is 22.8 Å².